The van der Waals surface area contributed by atoms with Gasteiger partial charge in [-0.15, -0.1) is 0 Å². The Balaban J connectivity index is 2.05. The van der Waals surface area contributed by atoms with Crippen LogP contribution in [0.4, 0.5) is 5.69 Å². The molecule has 0 radical (unpaired) electrons. The van der Waals surface area contributed by atoms with Gasteiger partial charge in [-0.3, -0.25) is 14.4 Å². The summed E-state index contributed by atoms with van der Waals surface area (Å²) in [6.07, 6.45) is 2.29. The topological polar surface area (TPSA) is 69.7 Å². The quantitative estimate of drug-likeness (QED) is 0.913. The van der Waals surface area contributed by atoms with Crippen molar-refractivity contribution in [3.8, 4) is 0 Å². The van der Waals surface area contributed by atoms with E-state index in [4.69, 9.17) is 11.6 Å². The molecule has 7 heteroatoms. The molecular weight excluding hydrogens is 318 g/mol. The summed E-state index contributed by atoms with van der Waals surface area (Å²) in [6.45, 7) is 0.635. The Morgan fingerprint density at radius 3 is 2.70 bits per heavy atom. The molecule has 2 rings (SSSR count). The fourth-order valence-electron chi connectivity index (χ4n) is 2.41. The molecule has 0 spiro atoms. The van der Waals surface area contributed by atoms with Gasteiger partial charge < -0.3 is 15.1 Å². The first kappa shape index (κ1) is 17.3. The van der Waals surface area contributed by atoms with Crippen LogP contribution >= 0.6 is 11.6 Å². The van der Waals surface area contributed by atoms with E-state index in [1.54, 1.807) is 37.2 Å². The van der Waals surface area contributed by atoms with Gasteiger partial charge in [0.2, 0.25) is 11.8 Å². The van der Waals surface area contributed by atoms with Crippen molar-refractivity contribution in [1.82, 2.24) is 9.80 Å². The molecule has 0 aliphatic carbocycles. The molecular formula is C16H20ClN3O3. The average molecular weight is 338 g/mol. The maximum atomic E-state index is 12.1. The van der Waals surface area contributed by atoms with E-state index in [1.807, 2.05) is 0 Å². The number of amides is 3. The lowest BCUT2D eigenvalue weighted by molar-refractivity contribution is -0.136. The van der Waals surface area contributed by atoms with E-state index in [-0.39, 0.29) is 24.3 Å². The molecule has 1 N–H and O–H groups in total. The highest BCUT2D eigenvalue weighted by Crippen LogP contribution is 2.22. The summed E-state index contributed by atoms with van der Waals surface area (Å²) < 4.78 is 0. The summed E-state index contributed by atoms with van der Waals surface area (Å²) in [5, 5.41) is 3.04. The molecule has 0 saturated carbocycles. The number of anilines is 1. The molecule has 124 valence electrons. The van der Waals surface area contributed by atoms with E-state index in [9.17, 15) is 14.4 Å². The van der Waals surface area contributed by atoms with Gasteiger partial charge >= 0.3 is 0 Å². The molecule has 1 fully saturated rings. The monoisotopic (exact) mass is 337 g/mol. The molecule has 1 heterocycles. The van der Waals surface area contributed by atoms with E-state index in [0.29, 0.717) is 29.2 Å². The van der Waals surface area contributed by atoms with Crippen LogP contribution in [0.5, 0.6) is 0 Å². The molecule has 0 unspecified atom stereocenters. The van der Waals surface area contributed by atoms with Gasteiger partial charge in [-0.25, -0.2) is 0 Å². The third-order valence-electron chi connectivity index (χ3n) is 3.64. The standard InChI is InChI=1S/C16H20ClN3O3/c1-19(2)16(23)12-9-11(6-7-13(12)17)18-14(21)10-20-8-4-3-5-15(20)22/h6-7,9H,3-5,8,10H2,1-2H3,(H,18,21). The Labute approximate surface area is 140 Å². The smallest absolute Gasteiger partial charge is 0.254 e. The van der Waals surface area contributed by atoms with Crippen molar-refractivity contribution in [2.45, 2.75) is 19.3 Å². The minimum Gasteiger partial charge on any atom is -0.345 e. The zero-order valence-electron chi connectivity index (χ0n) is 13.3. The van der Waals surface area contributed by atoms with Crippen molar-refractivity contribution in [3.63, 3.8) is 0 Å². The number of nitrogens with one attached hydrogen (secondary N) is 1. The number of likely N-dealkylation sites (tertiary alicyclic amines) is 1. The Hall–Kier alpha value is -2.08. The minimum absolute atomic E-state index is 0.00554. The molecule has 1 aliphatic rings. The van der Waals surface area contributed by atoms with Gasteiger partial charge in [0.05, 0.1) is 17.1 Å². The summed E-state index contributed by atoms with van der Waals surface area (Å²) in [5.74, 6) is -0.519. The van der Waals surface area contributed by atoms with E-state index in [1.165, 1.54) is 4.90 Å². The van der Waals surface area contributed by atoms with Crippen LogP contribution < -0.4 is 5.32 Å². The van der Waals surface area contributed by atoms with Gasteiger partial charge in [-0.1, -0.05) is 11.6 Å². The Morgan fingerprint density at radius 1 is 1.30 bits per heavy atom. The fraction of sp³-hybridized carbons (Fsp3) is 0.438. The normalized spacial score (nSPS) is 14.6. The lowest BCUT2D eigenvalue weighted by Gasteiger charge is -2.26. The second-order valence-corrected chi connectivity index (χ2v) is 6.12. The number of benzene rings is 1. The summed E-state index contributed by atoms with van der Waals surface area (Å²) in [6, 6.07) is 4.74. The molecule has 1 aromatic rings. The largest absolute Gasteiger partial charge is 0.345 e. The van der Waals surface area contributed by atoms with E-state index in [0.717, 1.165) is 12.8 Å². The van der Waals surface area contributed by atoms with Crippen LogP contribution in [-0.4, -0.2) is 54.7 Å². The lowest BCUT2D eigenvalue weighted by Crippen LogP contribution is -2.40. The number of carbonyl (C=O) groups excluding carboxylic acids is 3. The predicted octanol–water partition coefficient (Wildman–Crippen LogP) is 1.99. The Bertz CT molecular complexity index is 631. The van der Waals surface area contributed by atoms with E-state index in [2.05, 4.69) is 5.32 Å². The van der Waals surface area contributed by atoms with Crippen LogP contribution in [0.2, 0.25) is 5.02 Å². The van der Waals surface area contributed by atoms with Crippen molar-refractivity contribution >= 4 is 35.0 Å². The van der Waals surface area contributed by atoms with Gasteiger partial charge in [0.15, 0.2) is 0 Å². The van der Waals surface area contributed by atoms with Gasteiger partial charge in [-0.05, 0) is 31.0 Å². The summed E-state index contributed by atoms with van der Waals surface area (Å²) in [4.78, 5) is 38.8. The van der Waals surface area contributed by atoms with Crippen LogP contribution in [0.25, 0.3) is 0 Å². The van der Waals surface area contributed by atoms with E-state index >= 15 is 0 Å². The zero-order chi connectivity index (χ0) is 17.0. The van der Waals surface area contributed by atoms with E-state index < -0.39 is 0 Å². The SMILES string of the molecule is CN(C)C(=O)c1cc(NC(=O)CN2CCCCC2=O)ccc1Cl. The molecule has 1 aromatic carbocycles. The summed E-state index contributed by atoms with van der Waals surface area (Å²) >= 11 is 6.03. The number of carbonyl (C=O) groups is 3. The third kappa shape index (κ3) is 4.45. The first-order valence-electron chi connectivity index (χ1n) is 7.47. The maximum Gasteiger partial charge on any atom is 0.254 e. The number of nitrogens with zero attached hydrogens (tertiary/aromatic N) is 2. The number of hydrogen-bond donors (Lipinski definition) is 1. The minimum atomic E-state index is -0.286. The average Bonchev–Trinajstić information content (AvgIpc) is 2.50. The zero-order valence-corrected chi connectivity index (χ0v) is 14.0. The highest BCUT2D eigenvalue weighted by atomic mass is 35.5. The van der Waals surface area contributed by atoms with Crippen molar-refractivity contribution in [2.24, 2.45) is 0 Å². The number of halogens is 1. The van der Waals surface area contributed by atoms with Crippen LogP contribution in [0.15, 0.2) is 18.2 Å². The maximum absolute atomic E-state index is 12.1. The van der Waals surface area contributed by atoms with Crippen LogP contribution in [0.1, 0.15) is 29.6 Å². The van der Waals surface area contributed by atoms with Crippen molar-refractivity contribution in [3.05, 3.63) is 28.8 Å². The van der Waals surface area contributed by atoms with Crippen molar-refractivity contribution in [1.29, 1.82) is 0 Å². The summed E-state index contributed by atoms with van der Waals surface area (Å²) in [5.41, 5.74) is 0.803. The molecule has 23 heavy (non-hydrogen) atoms. The highest BCUT2D eigenvalue weighted by Gasteiger charge is 2.21. The molecule has 3 amide bonds. The first-order chi connectivity index (χ1) is 10.9. The number of hydrogen-bond acceptors (Lipinski definition) is 3. The Morgan fingerprint density at radius 2 is 2.04 bits per heavy atom. The number of piperidine rings is 1. The van der Waals surface area contributed by atoms with Crippen molar-refractivity contribution in [2.75, 3.05) is 32.5 Å². The second-order valence-electron chi connectivity index (χ2n) is 5.71. The van der Waals surface area contributed by atoms with Gasteiger partial charge in [0.25, 0.3) is 5.91 Å². The molecule has 0 bridgehead atoms. The third-order valence-corrected chi connectivity index (χ3v) is 3.97. The second kappa shape index (κ2) is 7.46. The molecule has 1 aliphatic heterocycles. The molecule has 0 aromatic heterocycles. The van der Waals surface area contributed by atoms with Crippen LogP contribution in [-0.2, 0) is 9.59 Å². The van der Waals surface area contributed by atoms with Gasteiger partial charge in [0, 0.05) is 32.7 Å². The molecule has 0 atom stereocenters. The first-order valence-corrected chi connectivity index (χ1v) is 7.85. The molecule has 1 saturated heterocycles. The van der Waals surface area contributed by atoms with Gasteiger partial charge in [-0.2, -0.15) is 0 Å². The lowest BCUT2D eigenvalue weighted by atomic mass is 10.1. The van der Waals surface area contributed by atoms with Crippen LogP contribution in [0.3, 0.4) is 0 Å². The Kier molecular flexibility index (Phi) is 5.60. The summed E-state index contributed by atoms with van der Waals surface area (Å²) in [7, 11) is 3.26. The fourth-order valence-corrected chi connectivity index (χ4v) is 2.61. The van der Waals surface area contributed by atoms with Gasteiger partial charge in [0.1, 0.15) is 0 Å². The number of rotatable bonds is 4. The predicted molar refractivity (Wildman–Crippen MR) is 88.5 cm³/mol. The van der Waals surface area contributed by atoms with Crippen molar-refractivity contribution < 1.29 is 14.4 Å². The highest BCUT2D eigenvalue weighted by molar-refractivity contribution is 6.34. The molecule has 6 nitrogen and oxygen atoms in total. The van der Waals surface area contributed by atoms with Crippen LogP contribution in [0, 0.1) is 0 Å².